The number of benzene rings is 2. The van der Waals surface area contributed by atoms with E-state index in [1.54, 1.807) is 18.3 Å². The number of carboxylic acids is 1. The van der Waals surface area contributed by atoms with Gasteiger partial charge in [0.05, 0.1) is 5.56 Å². The van der Waals surface area contributed by atoms with Gasteiger partial charge < -0.3 is 20.7 Å². The summed E-state index contributed by atoms with van der Waals surface area (Å²) >= 11 is 0. The van der Waals surface area contributed by atoms with Crippen LogP contribution in [0.15, 0.2) is 54.7 Å². The minimum Gasteiger partial charge on any atom is -0.478 e. The molecule has 186 valence electrons. The van der Waals surface area contributed by atoms with Crippen LogP contribution in [-0.2, 0) is 6.54 Å². The standard InChI is InChI=1S/C28H32N6O2/c1-18-14-19-8-10-22(16-25(19)30-18)31-28-29-13-12-26(33-28)32-24-11-9-20(27(35)36)15-21(24)17-34(2)23-6-4-3-5-7-23/h8-16,23,30H,3-7,17H2,1-2H3,(H,35,36)(H2,29,31,32,33). The fourth-order valence-electron chi connectivity index (χ4n) is 5.00. The molecule has 0 unspecified atom stereocenters. The van der Waals surface area contributed by atoms with E-state index in [0.717, 1.165) is 33.5 Å². The van der Waals surface area contributed by atoms with Crippen molar-refractivity contribution in [3.05, 3.63) is 71.5 Å². The Balaban J connectivity index is 1.36. The van der Waals surface area contributed by atoms with E-state index in [2.05, 4.69) is 49.7 Å². The Kier molecular flexibility index (Phi) is 6.86. The number of aromatic nitrogens is 3. The Morgan fingerprint density at radius 1 is 1.08 bits per heavy atom. The van der Waals surface area contributed by atoms with Crippen molar-refractivity contribution >= 4 is 40.0 Å². The third kappa shape index (κ3) is 5.49. The van der Waals surface area contributed by atoms with Crippen molar-refractivity contribution in [2.45, 2.75) is 51.6 Å². The van der Waals surface area contributed by atoms with Gasteiger partial charge in [-0.05, 0) is 80.2 Å². The van der Waals surface area contributed by atoms with Crippen LogP contribution in [0.1, 0.15) is 53.7 Å². The van der Waals surface area contributed by atoms with Crippen molar-refractivity contribution in [2.75, 3.05) is 17.7 Å². The molecular formula is C28H32N6O2. The summed E-state index contributed by atoms with van der Waals surface area (Å²) in [4.78, 5) is 26.4. The van der Waals surface area contributed by atoms with Gasteiger partial charge in [0.15, 0.2) is 0 Å². The Morgan fingerprint density at radius 2 is 1.92 bits per heavy atom. The van der Waals surface area contributed by atoms with Crippen LogP contribution in [0.3, 0.4) is 0 Å². The van der Waals surface area contributed by atoms with Crippen LogP contribution in [0.5, 0.6) is 0 Å². The van der Waals surface area contributed by atoms with Crippen LogP contribution in [0.25, 0.3) is 10.9 Å². The third-order valence-electron chi connectivity index (χ3n) is 6.90. The minimum atomic E-state index is -0.925. The molecule has 0 saturated heterocycles. The monoisotopic (exact) mass is 484 g/mol. The van der Waals surface area contributed by atoms with Gasteiger partial charge in [-0.25, -0.2) is 9.78 Å². The zero-order chi connectivity index (χ0) is 25.1. The predicted molar refractivity (Wildman–Crippen MR) is 143 cm³/mol. The van der Waals surface area contributed by atoms with Crippen LogP contribution in [0.4, 0.5) is 23.1 Å². The fraction of sp³-hybridized carbons (Fsp3) is 0.321. The van der Waals surface area contributed by atoms with Crippen molar-refractivity contribution in [2.24, 2.45) is 0 Å². The third-order valence-corrected chi connectivity index (χ3v) is 6.90. The van der Waals surface area contributed by atoms with Gasteiger partial charge >= 0.3 is 5.97 Å². The number of hydrogen-bond donors (Lipinski definition) is 4. The lowest BCUT2D eigenvalue weighted by atomic mass is 9.94. The molecule has 0 aliphatic heterocycles. The second-order valence-electron chi connectivity index (χ2n) is 9.65. The number of nitrogens with zero attached hydrogens (tertiary/aromatic N) is 3. The van der Waals surface area contributed by atoms with Crippen molar-refractivity contribution in [3.63, 3.8) is 0 Å². The molecule has 4 aromatic rings. The Bertz CT molecular complexity index is 1380. The van der Waals surface area contributed by atoms with Gasteiger partial charge in [0.1, 0.15) is 5.82 Å². The molecule has 0 spiro atoms. The summed E-state index contributed by atoms with van der Waals surface area (Å²) in [5.41, 5.74) is 5.12. The number of carbonyl (C=O) groups is 1. The van der Waals surface area contributed by atoms with Gasteiger partial charge in [0.25, 0.3) is 0 Å². The molecule has 0 radical (unpaired) electrons. The lowest BCUT2D eigenvalue weighted by molar-refractivity contribution is 0.0696. The number of aryl methyl sites for hydroxylation is 1. The highest BCUT2D eigenvalue weighted by atomic mass is 16.4. The average molecular weight is 485 g/mol. The number of H-pyrrole nitrogens is 1. The number of aromatic amines is 1. The Labute approximate surface area is 210 Å². The molecule has 0 amide bonds. The maximum atomic E-state index is 11.6. The van der Waals surface area contributed by atoms with Crippen LogP contribution in [0, 0.1) is 6.92 Å². The minimum absolute atomic E-state index is 0.285. The molecule has 0 atom stereocenters. The number of rotatable bonds is 8. The molecule has 8 nitrogen and oxygen atoms in total. The van der Waals surface area contributed by atoms with E-state index < -0.39 is 5.97 Å². The lowest BCUT2D eigenvalue weighted by Gasteiger charge is -2.31. The molecule has 36 heavy (non-hydrogen) atoms. The van der Waals surface area contributed by atoms with Crippen LogP contribution in [-0.4, -0.2) is 44.0 Å². The fourth-order valence-corrected chi connectivity index (χ4v) is 5.00. The molecule has 0 bridgehead atoms. The van der Waals surface area contributed by atoms with Crippen LogP contribution in [0.2, 0.25) is 0 Å². The molecule has 1 aliphatic rings. The summed E-state index contributed by atoms with van der Waals surface area (Å²) in [5.74, 6) is 0.186. The van der Waals surface area contributed by atoms with Gasteiger partial charge in [-0.1, -0.05) is 25.3 Å². The molecule has 5 rings (SSSR count). The van der Waals surface area contributed by atoms with E-state index in [1.165, 1.54) is 32.1 Å². The van der Waals surface area contributed by atoms with Crippen molar-refractivity contribution in [1.29, 1.82) is 0 Å². The van der Waals surface area contributed by atoms with Crippen molar-refractivity contribution in [3.8, 4) is 0 Å². The van der Waals surface area contributed by atoms with Crippen molar-refractivity contribution < 1.29 is 9.90 Å². The summed E-state index contributed by atoms with van der Waals surface area (Å²) < 4.78 is 0. The molecule has 2 heterocycles. The van der Waals surface area contributed by atoms with E-state index in [1.807, 2.05) is 31.2 Å². The molecule has 8 heteroatoms. The maximum absolute atomic E-state index is 11.6. The first kappa shape index (κ1) is 23.8. The number of fused-ring (bicyclic) bond motifs is 1. The van der Waals surface area contributed by atoms with Crippen molar-refractivity contribution in [1.82, 2.24) is 19.9 Å². The summed E-state index contributed by atoms with van der Waals surface area (Å²) in [6.07, 6.45) is 7.88. The largest absolute Gasteiger partial charge is 0.478 e. The first-order chi connectivity index (χ1) is 17.4. The van der Waals surface area contributed by atoms with Crippen LogP contribution < -0.4 is 10.6 Å². The van der Waals surface area contributed by atoms with Gasteiger partial charge in [0.2, 0.25) is 5.95 Å². The molecule has 1 fully saturated rings. The van der Waals surface area contributed by atoms with E-state index in [-0.39, 0.29) is 5.56 Å². The number of nitrogens with one attached hydrogen (secondary N) is 3. The SMILES string of the molecule is Cc1cc2ccc(Nc3nccc(Nc4ccc(C(=O)O)cc4CN(C)C4CCCCC4)n3)cc2[nH]1. The average Bonchev–Trinajstić information content (AvgIpc) is 3.25. The summed E-state index contributed by atoms with van der Waals surface area (Å²) in [5, 5.41) is 17.4. The number of hydrogen-bond acceptors (Lipinski definition) is 6. The zero-order valence-electron chi connectivity index (χ0n) is 20.7. The van der Waals surface area contributed by atoms with E-state index in [0.29, 0.717) is 24.4 Å². The van der Waals surface area contributed by atoms with Crippen LogP contribution >= 0.6 is 0 Å². The molecule has 1 saturated carbocycles. The Morgan fingerprint density at radius 3 is 2.72 bits per heavy atom. The van der Waals surface area contributed by atoms with Gasteiger partial charge in [-0.3, -0.25) is 4.90 Å². The molecular weight excluding hydrogens is 452 g/mol. The molecule has 1 aliphatic carbocycles. The maximum Gasteiger partial charge on any atom is 0.335 e. The summed E-state index contributed by atoms with van der Waals surface area (Å²) in [6.45, 7) is 2.70. The highest BCUT2D eigenvalue weighted by molar-refractivity contribution is 5.89. The lowest BCUT2D eigenvalue weighted by Crippen LogP contribution is -2.33. The molecule has 2 aromatic carbocycles. The second kappa shape index (κ2) is 10.4. The molecule has 2 aromatic heterocycles. The number of carboxylic acid groups (broad SMARTS) is 1. The topological polar surface area (TPSA) is 106 Å². The van der Waals surface area contributed by atoms with Gasteiger partial charge in [-0.2, -0.15) is 4.98 Å². The normalized spacial score (nSPS) is 14.3. The van der Waals surface area contributed by atoms with E-state index >= 15 is 0 Å². The smallest absolute Gasteiger partial charge is 0.335 e. The quantitative estimate of drug-likeness (QED) is 0.235. The first-order valence-electron chi connectivity index (χ1n) is 12.5. The van der Waals surface area contributed by atoms with E-state index in [9.17, 15) is 9.90 Å². The number of aromatic carboxylic acids is 1. The summed E-state index contributed by atoms with van der Waals surface area (Å²) in [7, 11) is 2.13. The van der Waals surface area contributed by atoms with Gasteiger partial charge in [0, 0.05) is 41.4 Å². The van der Waals surface area contributed by atoms with E-state index in [4.69, 9.17) is 0 Å². The highest BCUT2D eigenvalue weighted by Crippen LogP contribution is 2.28. The second-order valence-corrected chi connectivity index (χ2v) is 9.65. The molecule has 4 N–H and O–H groups in total. The Hall–Kier alpha value is -3.91. The first-order valence-corrected chi connectivity index (χ1v) is 12.5. The summed E-state index contributed by atoms with van der Waals surface area (Å²) in [6, 6.07) is 15.8. The highest BCUT2D eigenvalue weighted by Gasteiger charge is 2.20. The number of anilines is 4. The van der Waals surface area contributed by atoms with Gasteiger partial charge in [-0.15, -0.1) is 0 Å². The predicted octanol–water partition coefficient (Wildman–Crippen LogP) is 6.22. The zero-order valence-corrected chi connectivity index (χ0v) is 20.7.